The molecule has 2 heterocycles. The molecule has 1 N–H and O–H groups in total. The van der Waals surface area contributed by atoms with Gasteiger partial charge in [-0.3, -0.25) is 4.79 Å². The van der Waals surface area contributed by atoms with Crippen molar-refractivity contribution < 1.29 is 14.3 Å². The molecule has 5 heteroatoms. The van der Waals surface area contributed by atoms with Gasteiger partial charge in [-0.15, -0.1) is 0 Å². The van der Waals surface area contributed by atoms with Crippen LogP contribution in [0.5, 0.6) is 11.5 Å². The molecular formula is C23H26N2O3. The summed E-state index contributed by atoms with van der Waals surface area (Å²) in [6.07, 6.45) is 4.61. The van der Waals surface area contributed by atoms with Gasteiger partial charge in [-0.1, -0.05) is 11.6 Å². The van der Waals surface area contributed by atoms with Gasteiger partial charge in [0, 0.05) is 23.6 Å². The predicted molar refractivity (Wildman–Crippen MR) is 110 cm³/mol. The summed E-state index contributed by atoms with van der Waals surface area (Å²) in [4.78, 5) is 17.1. The zero-order chi connectivity index (χ0) is 19.7. The van der Waals surface area contributed by atoms with Gasteiger partial charge >= 0.3 is 0 Å². The van der Waals surface area contributed by atoms with Crippen molar-refractivity contribution in [2.45, 2.75) is 32.7 Å². The van der Waals surface area contributed by atoms with E-state index in [0.29, 0.717) is 13.2 Å². The Balaban J connectivity index is 1.77. The smallest absolute Gasteiger partial charge is 0.210 e. The first kappa shape index (κ1) is 18.4. The van der Waals surface area contributed by atoms with E-state index in [0.717, 1.165) is 41.8 Å². The first-order valence-corrected chi connectivity index (χ1v) is 9.75. The van der Waals surface area contributed by atoms with Gasteiger partial charge in [-0.05, 0) is 67.6 Å². The molecule has 146 valence electrons. The van der Waals surface area contributed by atoms with E-state index in [1.54, 1.807) is 7.11 Å². The van der Waals surface area contributed by atoms with Gasteiger partial charge in [-0.2, -0.15) is 0 Å². The molecule has 0 saturated carbocycles. The Hall–Kier alpha value is -2.95. The average Bonchev–Trinajstić information content (AvgIpc) is 3.10. The fourth-order valence-electron chi connectivity index (χ4n) is 4.18. The number of nitrogens with zero attached hydrogens (tertiary/aromatic N) is 1. The number of H-pyrrole nitrogens is 1. The standard InChI is InChI=1S/C23H26N2O3/c1-4-28-23-12-19-16(11-22(23)27-3)7-8-25(14-26)21(19)10-17-13-24-20-6-5-15(2)9-18(17)20/h5-6,9,11-14,21,24H,4,7-8,10H2,1-3H3. The SMILES string of the molecule is CCOc1cc2c(cc1OC)CCN(C=O)C2Cc1c[nH]c2ccc(C)cc12. The van der Waals surface area contributed by atoms with E-state index in [-0.39, 0.29) is 6.04 Å². The fraction of sp³-hybridized carbons (Fsp3) is 0.348. The van der Waals surface area contributed by atoms with Crippen LogP contribution in [0.25, 0.3) is 10.9 Å². The quantitative estimate of drug-likeness (QED) is 0.655. The summed E-state index contributed by atoms with van der Waals surface area (Å²) >= 11 is 0. The number of carbonyl (C=O) groups excluding carboxylic acids is 1. The van der Waals surface area contributed by atoms with E-state index in [2.05, 4.69) is 48.4 Å². The number of ether oxygens (including phenoxy) is 2. The van der Waals surface area contributed by atoms with Crippen molar-refractivity contribution in [3.63, 3.8) is 0 Å². The lowest BCUT2D eigenvalue weighted by Crippen LogP contribution is -2.35. The van der Waals surface area contributed by atoms with Crippen LogP contribution in [-0.4, -0.2) is 36.6 Å². The summed E-state index contributed by atoms with van der Waals surface area (Å²) in [7, 11) is 1.66. The van der Waals surface area contributed by atoms with E-state index >= 15 is 0 Å². The molecule has 0 spiro atoms. The molecule has 1 unspecified atom stereocenters. The Morgan fingerprint density at radius 1 is 1.25 bits per heavy atom. The van der Waals surface area contributed by atoms with Crippen molar-refractivity contribution in [2.75, 3.05) is 20.3 Å². The van der Waals surface area contributed by atoms with Crippen LogP contribution < -0.4 is 9.47 Å². The van der Waals surface area contributed by atoms with Crippen molar-refractivity contribution in [1.29, 1.82) is 0 Å². The lowest BCUT2D eigenvalue weighted by Gasteiger charge is -2.35. The summed E-state index contributed by atoms with van der Waals surface area (Å²) in [6.45, 7) is 5.34. The van der Waals surface area contributed by atoms with Crippen LogP contribution in [0, 0.1) is 6.92 Å². The maximum atomic E-state index is 11.8. The zero-order valence-corrected chi connectivity index (χ0v) is 16.6. The van der Waals surface area contributed by atoms with E-state index in [9.17, 15) is 4.79 Å². The fourth-order valence-corrected chi connectivity index (χ4v) is 4.18. The van der Waals surface area contributed by atoms with Crippen LogP contribution in [0.4, 0.5) is 0 Å². The molecular weight excluding hydrogens is 352 g/mol. The Morgan fingerprint density at radius 2 is 2.11 bits per heavy atom. The van der Waals surface area contributed by atoms with Crippen molar-refractivity contribution in [2.24, 2.45) is 0 Å². The van der Waals surface area contributed by atoms with Crippen molar-refractivity contribution >= 4 is 17.3 Å². The number of fused-ring (bicyclic) bond motifs is 2. The maximum Gasteiger partial charge on any atom is 0.210 e. The minimum absolute atomic E-state index is 0.0223. The third-order valence-electron chi connectivity index (χ3n) is 5.60. The van der Waals surface area contributed by atoms with Gasteiger partial charge in [0.05, 0.1) is 19.8 Å². The molecule has 0 radical (unpaired) electrons. The molecule has 0 saturated heterocycles. The van der Waals surface area contributed by atoms with Crippen LogP contribution >= 0.6 is 0 Å². The molecule has 5 nitrogen and oxygen atoms in total. The number of aromatic nitrogens is 1. The lowest BCUT2D eigenvalue weighted by molar-refractivity contribution is -0.120. The van der Waals surface area contributed by atoms with Crippen LogP contribution in [0.15, 0.2) is 36.5 Å². The highest BCUT2D eigenvalue weighted by atomic mass is 16.5. The molecule has 0 bridgehead atoms. The molecule has 28 heavy (non-hydrogen) atoms. The summed E-state index contributed by atoms with van der Waals surface area (Å²) in [5.74, 6) is 1.48. The van der Waals surface area contributed by atoms with Crippen LogP contribution in [0.3, 0.4) is 0 Å². The second-order valence-electron chi connectivity index (χ2n) is 7.31. The zero-order valence-electron chi connectivity index (χ0n) is 16.6. The van der Waals surface area contributed by atoms with Gasteiger partial charge < -0.3 is 19.4 Å². The predicted octanol–water partition coefficient (Wildman–Crippen LogP) is 4.18. The molecule has 1 amide bonds. The first-order valence-electron chi connectivity index (χ1n) is 9.75. The molecule has 4 rings (SSSR count). The third kappa shape index (κ3) is 3.21. The summed E-state index contributed by atoms with van der Waals surface area (Å²) in [5.41, 5.74) is 5.94. The molecule has 1 aromatic heterocycles. The Bertz CT molecular complexity index is 1010. The topological polar surface area (TPSA) is 54.6 Å². The highest BCUT2D eigenvalue weighted by Crippen LogP contribution is 2.39. The highest BCUT2D eigenvalue weighted by molar-refractivity contribution is 5.84. The monoisotopic (exact) mass is 378 g/mol. The van der Waals surface area contributed by atoms with Gasteiger partial charge in [0.2, 0.25) is 6.41 Å². The Kier molecular flexibility index (Phi) is 4.99. The van der Waals surface area contributed by atoms with Crippen molar-refractivity contribution in [3.8, 4) is 11.5 Å². The number of hydrogen-bond donors (Lipinski definition) is 1. The normalized spacial score (nSPS) is 16.1. The van der Waals surface area contributed by atoms with Gasteiger partial charge in [-0.25, -0.2) is 0 Å². The van der Waals surface area contributed by atoms with Crippen LogP contribution in [0.1, 0.15) is 35.2 Å². The molecule has 1 aliphatic rings. The largest absolute Gasteiger partial charge is 0.493 e. The average molecular weight is 378 g/mol. The van der Waals surface area contributed by atoms with E-state index in [4.69, 9.17) is 9.47 Å². The number of nitrogens with one attached hydrogen (secondary N) is 1. The third-order valence-corrected chi connectivity index (χ3v) is 5.60. The molecule has 1 atom stereocenters. The van der Waals surface area contributed by atoms with Gasteiger partial charge in [0.1, 0.15) is 0 Å². The highest BCUT2D eigenvalue weighted by Gasteiger charge is 2.29. The van der Waals surface area contributed by atoms with Crippen LogP contribution in [-0.2, 0) is 17.6 Å². The maximum absolute atomic E-state index is 11.8. The van der Waals surface area contributed by atoms with Crippen molar-refractivity contribution in [3.05, 3.63) is 58.8 Å². The van der Waals surface area contributed by atoms with E-state index < -0.39 is 0 Å². The molecule has 1 aliphatic heterocycles. The number of methoxy groups -OCH3 is 1. The summed E-state index contributed by atoms with van der Waals surface area (Å²) in [5, 5.41) is 1.22. The van der Waals surface area contributed by atoms with Gasteiger partial charge in [0.15, 0.2) is 11.5 Å². The second-order valence-corrected chi connectivity index (χ2v) is 7.31. The molecule has 0 aliphatic carbocycles. The van der Waals surface area contributed by atoms with Gasteiger partial charge in [0.25, 0.3) is 0 Å². The van der Waals surface area contributed by atoms with E-state index in [1.807, 2.05) is 11.8 Å². The minimum atomic E-state index is -0.0223. The molecule has 3 aromatic rings. The number of amides is 1. The molecule has 2 aromatic carbocycles. The minimum Gasteiger partial charge on any atom is -0.493 e. The Labute approximate surface area is 165 Å². The summed E-state index contributed by atoms with van der Waals surface area (Å²) < 4.78 is 11.3. The molecule has 0 fully saturated rings. The summed E-state index contributed by atoms with van der Waals surface area (Å²) in [6, 6.07) is 10.5. The first-order chi connectivity index (χ1) is 13.6. The number of rotatable bonds is 6. The number of hydrogen-bond acceptors (Lipinski definition) is 3. The second kappa shape index (κ2) is 7.58. The number of benzene rings is 2. The van der Waals surface area contributed by atoms with Crippen molar-refractivity contribution in [1.82, 2.24) is 9.88 Å². The lowest BCUT2D eigenvalue weighted by atomic mass is 9.88. The number of aryl methyl sites for hydroxylation is 1. The Morgan fingerprint density at radius 3 is 2.86 bits per heavy atom. The van der Waals surface area contributed by atoms with Crippen LogP contribution in [0.2, 0.25) is 0 Å². The number of carbonyl (C=O) groups is 1. The number of aromatic amines is 1. The van der Waals surface area contributed by atoms with E-state index in [1.165, 1.54) is 22.1 Å².